The van der Waals surface area contributed by atoms with Crippen molar-refractivity contribution in [3.63, 3.8) is 0 Å². The molecule has 4 aliphatic rings. The fraction of sp³-hybridized carbons (Fsp3) is 0.625. The van der Waals surface area contributed by atoms with Crippen molar-refractivity contribution < 1.29 is 19.0 Å². The molecule has 176 valence electrons. The lowest BCUT2D eigenvalue weighted by atomic mass is 9.52. The van der Waals surface area contributed by atoms with Crippen LogP contribution in [0.1, 0.15) is 52.4 Å². The van der Waals surface area contributed by atoms with Gasteiger partial charge in [0, 0.05) is 37.0 Å². The van der Waals surface area contributed by atoms with Crippen LogP contribution >= 0.6 is 0 Å². The summed E-state index contributed by atoms with van der Waals surface area (Å²) in [5.74, 6) is 2.01. The zero-order valence-corrected chi connectivity index (χ0v) is 19.1. The summed E-state index contributed by atoms with van der Waals surface area (Å²) < 4.78 is 19.1. The second-order valence-electron chi connectivity index (χ2n) is 9.83. The average Bonchev–Trinajstić information content (AvgIpc) is 3.45. The number of nitrogens with zero attached hydrogens (tertiary/aromatic N) is 4. The van der Waals surface area contributed by atoms with Crippen molar-refractivity contribution in [3.8, 4) is 11.5 Å². The normalized spacial score (nSPS) is 30.5. The molecule has 5 atom stereocenters. The van der Waals surface area contributed by atoms with Crippen LogP contribution in [0.15, 0.2) is 29.3 Å². The minimum atomic E-state index is -0.539. The van der Waals surface area contributed by atoms with E-state index < -0.39 is 12.0 Å². The highest BCUT2D eigenvalue weighted by atomic mass is 16.7. The smallest absolute Gasteiger partial charge is 0.251 e. The van der Waals surface area contributed by atoms with Gasteiger partial charge in [-0.2, -0.15) is 0 Å². The van der Waals surface area contributed by atoms with Gasteiger partial charge in [0.15, 0.2) is 0 Å². The van der Waals surface area contributed by atoms with Crippen LogP contribution in [0.3, 0.4) is 0 Å². The number of fused-ring (bicyclic) bond motifs is 1. The fourth-order valence-corrected chi connectivity index (χ4v) is 6.76. The molecule has 0 aliphatic heterocycles. The monoisotopic (exact) mass is 453 g/mol. The summed E-state index contributed by atoms with van der Waals surface area (Å²) in [4.78, 5) is 4.73. The lowest BCUT2D eigenvalue weighted by molar-refractivity contribution is -0.183. The topological polar surface area (TPSA) is 107 Å². The predicted octanol–water partition coefficient (Wildman–Crippen LogP) is 3.97. The van der Waals surface area contributed by atoms with Crippen molar-refractivity contribution in [1.82, 2.24) is 19.7 Å². The van der Waals surface area contributed by atoms with Crippen molar-refractivity contribution in [1.29, 1.82) is 0 Å². The Morgan fingerprint density at radius 1 is 1.21 bits per heavy atom. The maximum atomic E-state index is 11.0. The molecule has 0 amide bonds. The van der Waals surface area contributed by atoms with Gasteiger partial charge in [-0.15, -0.1) is 10.2 Å². The summed E-state index contributed by atoms with van der Waals surface area (Å²) in [6.07, 6.45) is 9.62. The highest BCUT2D eigenvalue weighted by Crippen LogP contribution is 2.56. The molecule has 9 nitrogen and oxygen atoms in total. The molecule has 1 unspecified atom stereocenters. The summed E-state index contributed by atoms with van der Waals surface area (Å²) >= 11 is 0. The number of ether oxygens (including phenoxy) is 2. The first-order valence-corrected chi connectivity index (χ1v) is 12.1. The van der Waals surface area contributed by atoms with E-state index in [2.05, 4.69) is 15.5 Å². The van der Waals surface area contributed by atoms with Gasteiger partial charge in [0.05, 0.1) is 16.9 Å². The van der Waals surface area contributed by atoms with Gasteiger partial charge >= 0.3 is 0 Å². The second kappa shape index (κ2) is 8.07. The van der Waals surface area contributed by atoms with E-state index in [4.69, 9.17) is 18.9 Å². The van der Waals surface area contributed by atoms with E-state index >= 15 is 0 Å². The first-order chi connectivity index (χ1) is 16.1. The molecule has 4 fully saturated rings. The Morgan fingerprint density at radius 2 is 1.97 bits per heavy atom. The third-order valence-electron chi connectivity index (χ3n) is 7.73. The molecule has 3 heterocycles. The van der Waals surface area contributed by atoms with E-state index in [0.29, 0.717) is 42.9 Å². The Kier molecular flexibility index (Phi) is 5.15. The van der Waals surface area contributed by atoms with E-state index in [9.17, 15) is 5.11 Å². The zero-order chi connectivity index (χ0) is 22.6. The highest BCUT2D eigenvalue weighted by Gasteiger charge is 2.54. The molecule has 4 aliphatic carbocycles. The summed E-state index contributed by atoms with van der Waals surface area (Å²) in [5.41, 5.74) is 2.03. The van der Waals surface area contributed by atoms with Gasteiger partial charge in [0.1, 0.15) is 5.65 Å². The number of hydrogen-bond donors (Lipinski definition) is 2. The van der Waals surface area contributed by atoms with Gasteiger partial charge in [0.2, 0.25) is 12.8 Å². The van der Waals surface area contributed by atoms with Crippen LogP contribution in [0.25, 0.3) is 22.5 Å². The summed E-state index contributed by atoms with van der Waals surface area (Å²) in [5, 5.41) is 23.9. The molecule has 33 heavy (non-hydrogen) atoms. The Morgan fingerprint density at radius 3 is 2.61 bits per heavy atom. The third-order valence-corrected chi connectivity index (χ3v) is 7.73. The van der Waals surface area contributed by atoms with Gasteiger partial charge in [-0.1, -0.05) is 0 Å². The summed E-state index contributed by atoms with van der Waals surface area (Å²) in [6.45, 7) is 4.97. The first kappa shape index (κ1) is 21.1. The van der Waals surface area contributed by atoms with E-state index in [0.717, 1.165) is 41.5 Å². The summed E-state index contributed by atoms with van der Waals surface area (Å²) in [7, 11) is 0. The fourth-order valence-electron chi connectivity index (χ4n) is 6.76. The van der Waals surface area contributed by atoms with Crippen molar-refractivity contribution in [2.45, 2.75) is 64.0 Å². The number of pyridine rings is 1. The molecular weight excluding hydrogens is 422 g/mol. The Balaban J connectivity index is 1.42. The number of aromatic nitrogens is 4. The van der Waals surface area contributed by atoms with Gasteiger partial charge in [0.25, 0.3) is 5.89 Å². The van der Waals surface area contributed by atoms with Crippen LogP contribution in [0, 0.1) is 17.8 Å². The van der Waals surface area contributed by atoms with Crippen molar-refractivity contribution in [3.05, 3.63) is 24.9 Å². The number of nitrogens with one attached hydrogen (secondary N) is 1. The molecule has 3 aromatic rings. The Bertz CT molecular complexity index is 1110. The SMILES string of the molecule is CCOC(OCC)n1ccc2c(N[C@H]3[C@@H]4CC5C[C@H]3C[C@@](O)(C5)C4)c(-c3nnco3)cnc21. The third kappa shape index (κ3) is 3.53. The molecule has 2 N–H and O–H groups in total. The van der Waals surface area contributed by atoms with E-state index in [1.807, 2.05) is 30.7 Å². The van der Waals surface area contributed by atoms with E-state index in [1.165, 1.54) is 19.2 Å². The molecule has 0 radical (unpaired) electrons. The largest absolute Gasteiger partial charge is 0.423 e. The van der Waals surface area contributed by atoms with Crippen molar-refractivity contribution >= 4 is 16.7 Å². The maximum Gasteiger partial charge on any atom is 0.251 e. The quantitative estimate of drug-likeness (QED) is 0.494. The van der Waals surface area contributed by atoms with Crippen molar-refractivity contribution in [2.24, 2.45) is 17.8 Å². The number of hydrogen-bond acceptors (Lipinski definition) is 8. The molecule has 0 aromatic carbocycles. The minimum Gasteiger partial charge on any atom is -0.423 e. The number of rotatable bonds is 8. The molecule has 3 aromatic heterocycles. The lowest BCUT2D eigenvalue weighted by Gasteiger charge is -2.58. The molecule has 0 saturated heterocycles. The molecule has 4 bridgehead atoms. The molecule has 9 heteroatoms. The van der Waals surface area contributed by atoms with Crippen LogP contribution in [-0.2, 0) is 9.47 Å². The number of aliphatic hydroxyl groups is 1. The average molecular weight is 454 g/mol. The van der Waals surface area contributed by atoms with Gasteiger partial charge < -0.3 is 24.3 Å². The van der Waals surface area contributed by atoms with Gasteiger partial charge in [-0.3, -0.25) is 4.57 Å². The molecule has 7 rings (SSSR count). The minimum absolute atomic E-state index is 0.298. The lowest BCUT2D eigenvalue weighted by Crippen LogP contribution is -2.59. The highest BCUT2D eigenvalue weighted by molar-refractivity contribution is 5.97. The first-order valence-electron chi connectivity index (χ1n) is 12.1. The van der Waals surface area contributed by atoms with Gasteiger partial charge in [-0.05, 0) is 69.8 Å². The second-order valence-corrected chi connectivity index (χ2v) is 9.83. The predicted molar refractivity (Wildman–Crippen MR) is 121 cm³/mol. The number of anilines is 1. The molecular formula is C24H31N5O4. The Labute approximate surface area is 192 Å². The van der Waals surface area contributed by atoms with Crippen LogP contribution < -0.4 is 5.32 Å². The van der Waals surface area contributed by atoms with E-state index in [1.54, 1.807) is 6.20 Å². The zero-order valence-electron chi connectivity index (χ0n) is 19.1. The van der Waals surface area contributed by atoms with Gasteiger partial charge in [-0.25, -0.2) is 4.98 Å². The van der Waals surface area contributed by atoms with Crippen LogP contribution in [0.2, 0.25) is 0 Å². The summed E-state index contributed by atoms with van der Waals surface area (Å²) in [6, 6.07) is 2.34. The van der Waals surface area contributed by atoms with Crippen LogP contribution in [-0.4, -0.2) is 49.7 Å². The van der Waals surface area contributed by atoms with Crippen molar-refractivity contribution in [2.75, 3.05) is 18.5 Å². The van der Waals surface area contributed by atoms with Crippen LogP contribution in [0.4, 0.5) is 5.69 Å². The molecule has 4 saturated carbocycles. The Hall–Kier alpha value is -2.49. The molecule has 0 spiro atoms. The maximum absolute atomic E-state index is 11.0. The van der Waals surface area contributed by atoms with Crippen LogP contribution in [0.5, 0.6) is 0 Å². The van der Waals surface area contributed by atoms with E-state index in [-0.39, 0.29) is 0 Å². The standard InChI is InChI=1S/C24H31N5O4/c1-3-31-23(32-4-2)29-6-5-17-20(18(12-25-21(17)29)22-28-26-13-33-22)27-19-15-7-14-8-16(19)11-24(30,9-14)10-15/h5-6,12-16,19,23,30H,3-4,7-11H2,1-2H3,(H,25,27)/t14?,15-,16+,19+,24-.